The van der Waals surface area contributed by atoms with Gasteiger partial charge in [0.05, 0.1) is 17.4 Å². The Morgan fingerprint density at radius 1 is 0.974 bits per heavy atom. The number of Topliss-reactive ketones (excluding diaryl/α,β-unsaturated/α-hetero) is 1. The zero-order valence-corrected chi connectivity index (χ0v) is 20.6. The van der Waals surface area contributed by atoms with E-state index >= 15 is 0 Å². The number of carbonyl (C=O) groups excluding carboxylic acids is 2. The van der Waals surface area contributed by atoms with Crippen molar-refractivity contribution in [1.82, 2.24) is 4.90 Å². The highest BCUT2D eigenvalue weighted by Crippen LogP contribution is 2.45. The monoisotopic (exact) mass is 528 g/mol. The van der Waals surface area contributed by atoms with Crippen LogP contribution in [0.4, 0.5) is 23.2 Å². The predicted molar refractivity (Wildman–Crippen MR) is 136 cm³/mol. The summed E-state index contributed by atoms with van der Waals surface area (Å²) >= 11 is 0. The number of piperidine rings is 1. The van der Waals surface area contributed by atoms with Crippen LogP contribution in [0.3, 0.4) is 0 Å². The van der Waals surface area contributed by atoms with E-state index in [2.05, 4.69) is 10.2 Å². The zero-order valence-electron chi connectivity index (χ0n) is 20.6. The maximum atomic E-state index is 13.7. The first-order valence-electron chi connectivity index (χ1n) is 12.4. The van der Waals surface area contributed by atoms with Crippen molar-refractivity contribution in [2.75, 3.05) is 25.0 Å². The van der Waals surface area contributed by atoms with E-state index in [1.165, 1.54) is 30.3 Å². The molecule has 0 bridgehead atoms. The number of rotatable bonds is 7. The molecule has 9 heteroatoms. The molecule has 1 saturated heterocycles. The summed E-state index contributed by atoms with van der Waals surface area (Å²) < 4.78 is 49.4. The van der Waals surface area contributed by atoms with Gasteiger partial charge in [0.2, 0.25) is 0 Å². The number of hydrogen-bond acceptors (Lipinski definition) is 4. The fourth-order valence-electron chi connectivity index (χ4n) is 4.39. The summed E-state index contributed by atoms with van der Waals surface area (Å²) in [5.41, 5.74) is 1.56. The molecule has 2 aromatic rings. The van der Waals surface area contributed by atoms with Crippen molar-refractivity contribution in [1.29, 1.82) is 0 Å². The fourth-order valence-corrected chi connectivity index (χ4v) is 4.39. The second-order valence-corrected chi connectivity index (χ2v) is 9.37. The Hall–Kier alpha value is -3.56. The molecule has 5 nitrogen and oxygen atoms in total. The summed E-state index contributed by atoms with van der Waals surface area (Å²) in [7, 11) is 0. The number of amides is 1. The summed E-state index contributed by atoms with van der Waals surface area (Å²) in [6.07, 6.45) is -1.85. The predicted octanol–water partition coefficient (Wildman–Crippen LogP) is 6.18. The van der Waals surface area contributed by atoms with Gasteiger partial charge in [-0.25, -0.2) is 4.39 Å². The van der Waals surface area contributed by atoms with Crippen LogP contribution in [0.25, 0.3) is 11.1 Å². The molecule has 2 N–H and O–H groups in total. The summed E-state index contributed by atoms with van der Waals surface area (Å²) in [5.74, 6) is -1.01. The molecule has 0 saturated carbocycles. The van der Waals surface area contributed by atoms with E-state index in [0.717, 1.165) is 44.1 Å². The van der Waals surface area contributed by atoms with Gasteiger partial charge in [0, 0.05) is 30.6 Å². The lowest BCUT2D eigenvalue weighted by Crippen LogP contribution is -2.36. The van der Waals surface area contributed by atoms with Crippen molar-refractivity contribution >= 4 is 17.4 Å². The minimum absolute atomic E-state index is 0.125. The molecule has 0 unspecified atom stereocenters. The number of fused-ring (bicyclic) bond motifs is 1. The number of anilines is 1. The van der Waals surface area contributed by atoms with Gasteiger partial charge in [0.25, 0.3) is 5.91 Å². The Bertz CT molecular complexity index is 1290. The highest BCUT2D eigenvalue weighted by Gasteiger charge is 2.37. The first-order valence-corrected chi connectivity index (χ1v) is 12.4. The molecule has 200 valence electrons. The van der Waals surface area contributed by atoms with Crippen molar-refractivity contribution in [3.63, 3.8) is 0 Å². The van der Waals surface area contributed by atoms with Crippen LogP contribution < -0.4 is 5.32 Å². The van der Waals surface area contributed by atoms with Gasteiger partial charge in [-0.15, -0.1) is 0 Å². The summed E-state index contributed by atoms with van der Waals surface area (Å²) in [6, 6.07) is 16.6. The molecular weight excluding hydrogens is 500 g/mol. The van der Waals surface area contributed by atoms with Gasteiger partial charge in [0.1, 0.15) is 5.82 Å². The van der Waals surface area contributed by atoms with Crippen molar-refractivity contribution in [2.45, 2.75) is 38.0 Å². The molecule has 0 atom stereocenters. The lowest BCUT2D eigenvalue weighted by atomic mass is 10.0. The Morgan fingerprint density at radius 3 is 2.26 bits per heavy atom. The van der Waals surface area contributed by atoms with E-state index in [0.29, 0.717) is 29.5 Å². The summed E-state index contributed by atoms with van der Waals surface area (Å²) in [5, 5.41) is 12.2. The number of hydrogen-bond donors (Lipinski definition) is 2. The van der Waals surface area contributed by atoms with Gasteiger partial charge in [-0.2, -0.15) is 13.2 Å². The van der Waals surface area contributed by atoms with Crippen molar-refractivity contribution in [3.8, 4) is 11.1 Å². The first kappa shape index (κ1) is 27.5. The van der Waals surface area contributed by atoms with Crippen LogP contribution in [0.1, 0.15) is 52.0 Å². The molecule has 0 radical (unpaired) electrons. The van der Waals surface area contributed by atoms with E-state index in [1.807, 2.05) is 0 Å². The summed E-state index contributed by atoms with van der Waals surface area (Å²) in [4.78, 5) is 27.3. The van der Waals surface area contributed by atoms with Crippen LogP contribution in [0.2, 0.25) is 0 Å². The second-order valence-electron chi connectivity index (χ2n) is 9.37. The standard InChI is InChI=1S/C22H25FN2O3.C7H3F3/c23-17-8-9-19(20(15-17)24-22(28)16-5-2-1-3-6-16)21(27)7-4-12-25-13-10-18(26)11-14-25;8-7(9,10)6-2-1-4-3-5(4)6/h1-3,5-6,8-9,15,18,26H,4,7,10-14H2,(H,24,28);1-3H. The zero-order chi connectivity index (χ0) is 27.3. The molecule has 0 spiro atoms. The van der Waals surface area contributed by atoms with Crippen molar-refractivity contribution in [3.05, 3.63) is 89.2 Å². The average molecular weight is 529 g/mol. The van der Waals surface area contributed by atoms with Crippen LogP contribution in [0.15, 0.2) is 66.7 Å². The molecule has 5 rings (SSSR count). The van der Waals surface area contributed by atoms with Crippen LogP contribution in [-0.4, -0.2) is 47.4 Å². The highest BCUT2D eigenvalue weighted by atomic mass is 19.4. The number of aliphatic hydroxyl groups excluding tert-OH is 1. The second kappa shape index (κ2) is 11.9. The minimum Gasteiger partial charge on any atom is -0.393 e. The topological polar surface area (TPSA) is 69.6 Å². The van der Waals surface area contributed by atoms with E-state index in [4.69, 9.17) is 0 Å². The van der Waals surface area contributed by atoms with Crippen molar-refractivity contribution in [2.24, 2.45) is 0 Å². The lowest BCUT2D eigenvalue weighted by molar-refractivity contribution is -0.136. The van der Waals surface area contributed by atoms with Gasteiger partial charge in [-0.3, -0.25) is 9.59 Å². The molecule has 38 heavy (non-hydrogen) atoms. The number of halogens is 4. The van der Waals surface area contributed by atoms with Crippen LogP contribution >= 0.6 is 0 Å². The Balaban J connectivity index is 0.000000278. The molecule has 1 aliphatic heterocycles. The number of benzene rings is 3. The molecule has 1 amide bonds. The Kier molecular flexibility index (Phi) is 8.58. The quantitative estimate of drug-likeness (QED) is 0.222. The molecule has 2 aromatic carbocycles. The molecule has 2 aliphatic carbocycles. The molecular formula is C29H28F4N2O3. The number of aliphatic hydroxyl groups is 1. The number of alkyl halides is 3. The van der Waals surface area contributed by atoms with E-state index < -0.39 is 17.6 Å². The molecule has 3 aliphatic rings. The minimum atomic E-state index is -4.17. The molecule has 1 fully saturated rings. The number of likely N-dealkylation sites (tertiary alicyclic amines) is 1. The summed E-state index contributed by atoms with van der Waals surface area (Å²) in [6.45, 7) is 2.46. The number of carbonyl (C=O) groups is 2. The first-order chi connectivity index (χ1) is 18.1. The van der Waals surface area contributed by atoms with Crippen LogP contribution in [-0.2, 0) is 6.18 Å². The van der Waals surface area contributed by atoms with E-state index in [-0.39, 0.29) is 23.5 Å². The maximum absolute atomic E-state index is 13.7. The largest absolute Gasteiger partial charge is 0.417 e. The number of ketones is 1. The normalized spacial score (nSPS) is 14.9. The van der Waals surface area contributed by atoms with Gasteiger partial charge >= 0.3 is 6.18 Å². The Morgan fingerprint density at radius 2 is 1.68 bits per heavy atom. The third-order valence-electron chi connectivity index (χ3n) is 6.55. The third kappa shape index (κ3) is 7.26. The lowest BCUT2D eigenvalue weighted by Gasteiger charge is -2.29. The fraction of sp³-hybridized carbons (Fsp3) is 0.310. The third-order valence-corrected chi connectivity index (χ3v) is 6.55. The Labute approximate surface area is 218 Å². The van der Waals surface area contributed by atoms with Crippen LogP contribution in [0.5, 0.6) is 0 Å². The highest BCUT2D eigenvalue weighted by molar-refractivity contribution is 6.09. The molecule has 1 heterocycles. The number of nitrogens with zero attached hydrogens (tertiary/aromatic N) is 1. The molecule has 0 aromatic heterocycles. The van der Waals surface area contributed by atoms with Gasteiger partial charge < -0.3 is 15.3 Å². The van der Waals surface area contributed by atoms with Crippen LogP contribution in [0, 0.1) is 5.82 Å². The van der Waals surface area contributed by atoms with Crippen molar-refractivity contribution < 1.29 is 32.3 Å². The van der Waals surface area contributed by atoms with Gasteiger partial charge in [-0.05, 0) is 79.4 Å². The van der Waals surface area contributed by atoms with E-state index in [9.17, 15) is 32.3 Å². The average Bonchev–Trinajstić information content (AvgIpc) is 3.52. The van der Waals surface area contributed by atoms with Gasteiger partial charge in [0.15, 0.2) is 5.78 Å². The number of nitrogens with one attached hydrogen (secondary N) is 1. The smallest absolute Gasteiger partial charge is 0.393 e. The SMILES string of the molecule is FC(F)(F)c1ccc2cc1-2.O=C(Nc1cc(F)ccc1C(=O)CCCN1CCC(O)CC1)c1ccccc1. The maximum Gasteiger partial charge on any atom is 0.417 e. The van der Waals surface area contributed by atoms with Gasteiger partial charge in [-0.1, -0.05) is 24.3 Å². The van der Waals surface area contributed by atoms with E-state index in [1.54, 1.807) is 30.3 Å².